The summed E-state index contributed by atoms with van der Waals surface area (Å²) in [6.07, 6.45) is 3.04. The summed E-state index contributed by atoms with van der Waals surface area (Å²) in [4.78, 5) is 10.9. The Morgan fingerprint density at radius 1 is 1.75 bits per heavy atom. The maximum Gasteiger partial charge on any atom is 0.306 e. The number of hydrogen-bond acceptors (Lipinski definition) is 3. The van der Waals surface area contributed by atoms with Crippen LogP contribution in [0, 0.1) is 5.92 Å². The summed E-state index contributed by atoms with van der Waals surface area (Å²) >= 11 is 0. The lowest BCUT2D eigenvalue weighted by atomic mass is 9.91. The van der Waals surface area contributed by atoms with Crippen molar-refractivity contribution in [1.82, 2.24) is 0 Å². The molecule has 1 heterocycles. The summed E-state index contributed by atoms with van der Waals surface area (Å²) in [5.41, 5.74) is 1.13. The number of cyclic esters (lactones) is 1. The van der Waals surface area contributed by atoms with E-state index in [1.807, 2.05) is 13.0 Å². The van der Waals surface area contributed by atoms with E-state index in [2.05, 4.69) is 0 Å². The first kappa shape index (κ1) is 9.26. The van der Waals surface area contributed by atoms with E-state index in [9.17, 15) is 4.79 Å². The van der Waals surface area contributed by atoms with E-state index in [1.54, 1.807) is 0 Å². The molecule has 1 rings (SSSR count). The molecule has 1 saturated heterocycles. The Kier molecular flexibility index (Phi) is 3.29. The average Bonchev–Trinajstić information content (AvgIpc) is 2.05. The molecule has 0 radical (unpaired) electrons. The number of esters is 1. The van der Waals surface area contributed by atoms with E-state index in [0.717, 1.165) is 5.57 Å². The van der Waals surface area contributed by atoms with Crippen LogP contribution in [0.2, 0.25) is 0 Å². The van der Waals surface area contributed by atoms with Crippen LogP contribution in [0.3, 0.4) is 0 Å². The third-order valence-corrected chi connectivity index (χ3v) is 2.19. The zero-order valence-corrected chi connectivity index (χ0v) is 7.25. The molecule has 0 aromatic heterocycles. The minimum atomic E-state index is -0.154. The number of rotatable bonds is 2. The van der Waals surface area contributed by atoms with Crippen LogP contribution in [0.25, 0.3) is 0 Å². The molecule has 0 saturated carbocycles. The molecule has 0 bridgehead atoms. The lowest BCUT2D eigenvalue weighted by Crippen LogP contribution is -2.24. The van der Waals surface area contributed by atoms with Crippen molar-refractivity contribution in [2.45, 2.75) is 19.8 Å². The Balaban J connectivity index is 2.58. The largest absolute Gasteiger partial charge is 0.461 e. The number of carbonyl (C=O) groups is 1. The van der Waals surface area contributed by atoms with Gasteiger partial charge in [-0.25, -0.2) is 0 Å². The molecule has 12 heavy (non-hydrogen) atoms. The minimum absolute atomic E-state index is 0.134. The molecular weight excluding hydrogens is 156 g/mol. The smallest absolute Gasteiger partial charge is 0.306 e. The highest BCUT2D eigenvalue weighted by Gasteiger charge is 2.23. The van der Waals surface area contributed by atoms with Gasteiger partial charge in [-0.1, -0.05) is 6.08 Å². The molecule has 3 heteroatoms. The number of ether oxygens (including phenoxy) is 1. The predicted molar refractivity (Wildman–Crippen MR) is 44.5 cm³/mol. The molecule has 1 aliphatic rings. The SMILES string of the molecule is C/C=C1\COC(=O)CC1CCO. The van der Waals surface area contributed by atoms with Gasteiger partial charge in [0.1, 0.15) is 6.61 Å². The Hall–Kier alpha value is -0.830. The fourth-order valence-corrected chi connectivity index (χ4v) is 1.44. The normalized spacial score (nSPS) is 27.3. The van der Waals surface area contributed by atoms with Crippen molar-refractivity contribution in [3.05, 3.63) is 11.6 Å². The fraction of sp³-hybridized carbons (Fsp3) is 0.667. The summed E-state index contributed by atoms with van der Waals surface area (Å²) in [6.45, 7) is 2.47. The predicted octanol–water partition coefficient (Wildman–Crippen LogP) is 0.878. The maximum atomic E-state index is 10.9. The Morgan fingerprint density at radius 2 is 2.50 bits per heavy atom. The van der Waals surface area contributed by atoms with Crippen LogP contribution in [-0.2, 0) is 9.53 Å². The molecular formula is C9H14O3. The molecule has 1 fully saturated rings. The van der Waals surface area contributed by atoms with Crippen LogP contribution in [0.4, 0.5) is 0 Å². The Morgan fingerprint density at radius 3 is 3.08 bits per heavy atom. The van der Waals surface area contributed by atoms with Gasteiger partial charge in [0.05, 0.1) is 6.42 Å². The van der Waals surface area contributed by atoms with Gasteiger partial charge in [0.15, 0.2) is 0 Å². The van der Waals surface area contributed by atoms with Crippen LogP contribution in [0.5, 0.6) is 0 Å². The molecule has 0 spiro atoms. The standard InChI is InChI=1S/C9H14O3/c1-2-7-6-12-9(11)5-8(7)3-4-10/h2,8,10H,3-6H2,1H3/b7-2+. The maximum absolute atomic E-state index is 10.9. The van der Waals surface area contributed by atoms with Gasteiger partial charge in [-0.3, -0.25) is 4.79 Å². The lowest BCUT2D eigenvalue weighted by Gasteiger charge is -2.23. The lowest BCUT2D eigenvalue weighted by molar-refractivity contribution is -0.146. The van der Waals surface area contributed by atoms with Gasteiger partial charge >= 0.3 is 5.97 Å². The number of aliphatic hydroxyl groups excluding tert-OH is 1. The van der Waals surface area contributed by atoms with Gasteiger partial charge in [0, 0.05) is 6.61 Å². The second-order valence-corrected chi connectivity index (χ2v) is 2.94. The van der Waals surface area contributed by atoms with Crippen molar-refractivity contribution in [3.8, 4) is 0 Å². The highest BCUT2D eigenvalue weighted by molar-refractivity contribution is 5.71. The van der Waals surface area contributed by atoms with Gasteiger partial charge in [-0.05, 0) is 24.8 Å². The van der Waals surface area contributed by atoms with Crippen LogP contribution >= 0.6 is 0 Å². The second-order valence-electron chi connectivity index (χ2n) is 2.94. The first-order valence-electron chi connectivity index (χ1n) is 4.19. The van der Waals surface area contributed by atoms with Gasteiger partial charge < -0.3 is 9.84 Å². The zero-order valence-electron chi connectivity index (χ0n) is 7.25. The van der Waals surface area contributed by atoms with Crippen molar-refractivity contribution in [2.75, 3.05) is 13.2 Å². The van der Waals surface area contributed by atoms with Crippen molar-refractivity contribution >= 4 is 5.97 Å². The molecule has 1 aliphatic heterocycles. The van der Waals surface area contributed by atoms with E-state index in [0.29, 0.717) is 19.4 Å². The van der Waals surface area contributed by atoms with Crippen molar-refractivity contribution in [2.24, 2.45) is 5.92 Å². The summed E-state index contributed by atoms with van der Waals surface area (Å²) in [5, 5.41) is 8.74. The van der Waals surface area contributed by atoms with Gasteiger partial charge in [0.25, 0.3) is 0 Å². The number of allylic oxidation sites excluding steroid dienone is 1. The monoisotopic (exact) mass is 170 g/mol. The average molecular weight is 170 g/mol. The van der Waals surface area contributed by atoms with Gasteiger partial charge in [-0.2, -0.15) is 0 Å². The van der Waals surface area contributed by atoms with E-state index in [4.69, 9.17) is 9.84 Å². The number of aliphatic hydroxyl groups is 1. The first-order chi connectivity index (χ1) is 5.77. The first-order valence-corrected chi connectivity index (χ1v) is 4.19. The van der Waals surface area contributed by atoms with Crippen molar-refractivity contribution < 1.29 is 14.6 Å². The van der Waals surface area contributed by atoms with E-state index in [-0.39, 0.29) is 18.5 Å². The summed E-state index contributed by atoms with van der Waals surface area (Å²) < 4.78 is 4.87. The molecule has 1 unspecified atom stereocenters. The fourth-order valence-electron chi connectivity index (χ4n) is 1.44. The third kappa shape index (κ3) is 2.08. The molecule has 0 aromatic carbocycles. The summed E-state index contributed by atoms with van der Waals surface area (Å²) in [6, 6.07) is 0. The Labute approximate surface area is 72.0 Å². The molecule has 0 aromatic rings. The molecule has 1 N–H and O–H groups in total. The number of hydrogen-bond donors (Lipinski definition) is 1. The topological polar surface area (TPSA) is 46.5 Å². The quantitative estimate of drug-likeness (QED) is 0.494. The van der Waals surface area contributed by atoms with Gasteiger partial charge in [-0.15, -0.1) is 0 Å². The highest BCUT2D eigenvalue weighted by Crippen LogP contribution is 2.24. The zero-order chi connectivity index (χ0) is 8.97. The van der Waals surface area contributed by atoms with E-state index >= 15 is 0 Å². The molecule has 1 atom stereocenters. The highest BCUT2D eigenvalue weighted by atomic mass is 16.5. The second kappa shape index (κ2) is 4.26. The molecule has 68 valence electrons. The minimum Gasteiger partial charge on any atom is -0.461 e. The molecule has 0 aliphatic carbocycles. The van der Waals surface area contributed by atoms with Gasteiger partial charge in [0.2, 0.25) is 0 Å². The van der Waals surface area contributed by atoms with E-state index < -0.39 is 0 Å². The van der Waals surface area contributed by atoms with Crippen LogP contribution in [0.1, 0.15) is 19.8 Å². The number of carbonyl (C=O) groups excluding carboxylic acids is 1. The summed E-state index contributed by atoms with van der Waals surface area (Å²) in [7, 11) is 0. The van der Waals surface area contributed by atoms with Crippen molar-refractivity contribution in [1.29, 1.82) is 0 Å². The molecule has 0 amide bonds. The molecule has 3 nitrogen and oxygen atoms in total. The van der Waals surface area contributed by atoms with Crippen LogP contribution in [-0.4, -0.2) is 24.3 Å². The van der Waals surface area contributed by atoms with Crippen molar-refractivity contribution in [3.63, 3.8) is 0 Å². The van der Waals surface area contributed by atoms with E-state index in [1.165, 1.54) is 0 Å². The summed E-state index contributed by atoms with van der Waals surface area (Å²) in [5.74, 6) is 0.0419. The Bertz CT molecular complexity index is 196. The van der Waals surface area contributed by atoms with Crippen LogP contribution in [0.15, 0.2) is 11.6 Å². The van der Waals surface area contributed by atoms with Crippen LogP contribution < -0.4 is 0 Å². The third-order valence-electron chi connectivity index (χ3n) is 2.19.